The number of fused-ring (bicyclic) bond motifs is 2. The molecule has 0 radical (unpaired) electrons. The van der Waals surface area contributed by atoms with Crippen LogP contribution in [0.3, 0.4) is 0 Å². The fourth-order valence-electron chi connectivity index (χ4n) is 3.81. The Morgan fingerprint density at radius 2 is 2.07 bits per heavy atom. The Kier molecular flexibility index (Phi) is 3.78. The minimum atomic E-state index is -0.0685. The summed E-state index contributed by atoms with van der Waals surface area (Å²) in [6, 6.07) is 16.3. The summed E-state index contributed by atoms with van der Waals surface area (Å²) in [5.41, 5.74) is 11.3. The SMILES string of the molecule is Nc1ccc2c(c1)OC(c1ccoc1)CN2CCc1c[nH]c2ccccc12. The van der Waals surface area contributed by atoms with Gasteiger partial charge < -0.3 is 24.8 Å². The van der Waals surface area contributed by atoms with Crippen LogP contribution in [0.4, 0.5) is 11.4 Å². The van der Waals surface area contributed by atoms with Gasteiger partial charge in [0, 0.05) is 41.0 Å². The second-order valence-corrected chi connectivity index (χ2v) is 6.95. The van der Waals surface area contributed by atoms with Crippen LogP contribution in [0.15, 0.2) is 71.7 Å². The molecule has 0 fully saturated rings. The summed E-state index contributed by atoms with van der Waals surface area (Å²) >= 11 is 0. The van der Waals surface area contributed by atoms with E-state index in [1.165, 1.54) is 16.5 Å². The van der Waals surface area contributed by atoms with Crippen LogP contribution >= 0.6 is 0 Å². The van der Waals surface area contributed by atoms with Gasteiger partial charge in [-0.25, -0.2) is 0 Å². The summed E-state index contributed by atoms with van der Waals surface area (Å²) in [5.74, 6) is 0.825. The third kappa shape index (κ3) is 2.91. The van der Waals surface area contributed by atoms with Crippen LogP contribution in [0, 0.1) is 0 Å². The quantitative estimate of drug-likeness (QED) is 0.526. The highest BCUT2D eigenvalue weighted by Gasteiger charge is 2.27. The van der Waals surface area contributed by atoms with E-state index in [9.17, 15) is 0 Å². The van der Waals surface area contributed by atoms with Crippen molar-refractivity contribution in [3.05, 3.63) is 78.4 Å². The van der Waals surface area contributed by atoms with Crippen molar-refractivity contribution in [3.8, 4) is 5.75 Å². The number of furan rings is 1. The number of aromatic amines is 1. The molecule has 27 heavy (non-hydrogen) atoms. The lowest BCUT2D eigenvalue weighted by molar-refractivity contribution is 0.196. The summed E-state index contributed by atoms with van der Waals surface area (Å²) in [5, 5.41) is 1.29. The number of rotatable bonds is 4. The minimum absolute atomic E-state index is 0.0685. The van der Waals surface area contributed by atoms with Crippen molar-refractivity contribution in [1.82, 2.24) is 4.98 Å². The van der Waals surface area contributed by atoms with Crippen LogP contribution in [-0.4, -0.2) is 18.1 Å². The molecule has 0 aliphatic carbocycles. The number of nitrogens with two attached hydrogens (primary N) is 1. The van der Waals surface area contributed by atoms with Gasteiger partial charge in [0.1, 0.15) is 11.9 Å². The number of H-pyrrole nitrogens is 1. The van der Waals surface area contributed by atoms with E-state index in [1.54, 1.807) is 12.5 Å². The lowest BCUT2D eigenvalue weighted by Gasteiger charge is -2.36. The highest BCUT2D eigenvalue weighted by atomic mass is 16.5. The molecular weight excluding hydrogens is 338 g/mol. The first kappa shape index (κ1) is 15.9. The van der Waals surface area contributed by atoms with Crippen molar-refractivity contribution in [3.63, 3.8) is 0 Å². The third-order valence-electron chi connectivity index (χ3n) is 5.22. The van der Waals surface area contributed by atoms with Crippen LogP contribution in [0.25, 0.3) is 10.9 Å². The molecule has 1 unspecified atom stereocenters. The molecule has 0 bridgehead atoms. The second-order valence-electron chi connectivity index (χ2n) is 6.95. The molecule has 3 heterocycles. The molecule has 1 aliphatic rings. The van der Waals surface area contributed by atoms with Crippen LogP contribution in [0.5, 0.6) is 5.75 Å². The molecule has 0 amide bonds. The number of aromatic nitrogens is 1. The normalized spacial score (nSPS) is 16.3. The predicted octanol–water partition coefficient (Wildman–Crippen LogP) is 4.53. The maximum atomic E-state index is 6.21. The van der Waals surface area contributed by atoms with Gasteiger partial charge in [0.05, 0.1) is 24.8 Å². The van der Waals surface area contributed by atoms with E-state index < -0.39 is 0 Å². The van der Waals surface area contributed by atoms with E-state index >= 15 is 0 Å². The largest absolute Gasteiger partial charge is 0.481 e. The average Bonchev–Trinajstić information content (AvgIpc) is 3.36. The van der Waals surface area contributed by atoms with Crippen LogP contribution in [0.1, 0.15) is 17.2 Å². The van der Waals surface area contributed by atoms with Crippen molar-refractivity contribution < 1.29 is 9.15 Å². The predicted molar refractivity (Wildman–Crippen MR) is 107 cm³/mol. The zero-order valence-electron chi connectivity index (χ0n) is 14.9. The molecule has 5 heteroatoms. The molecule has 3 N–H and O–H groups in total. The van der Waals surface area contributed by atoms with E-state index in [2.05, 4.69) is 40.3 Å². The Hall–Kier alpha value is -3.34. The van der Waals surface area contributed by atoms with Gasteiger partial charge in [-0.1, -0.05) is 18.2 Å². The highest BCUT2D eigenvalue weighted by molar-refractivity contribution is 5.83. The number of nitrogens with zero attached hydrogens (tertiary/aromatic N) is 1. The summed E-state index contributed by atoms with van der Waals surface area (Å²) in [7, 11) is 0. The third-order valence-corrected chi connectivity index (χ3v) is 5.22. The summed E-state index contributed by atoms with van der Waals surface area (Å²) in [4.78, 5) is 5.73. The summed E-state index contributed by atoms with van der Waals surface area (Å²) in [6.45, 7) is 1.68. The fourth-order valence-corrected chi connectivity index (χ4v) is 3.81. The van der Waals surface area contributed by atoms with Crippen LogP contribution in [-0.2, 0) is 6.42 Å². The first-order chi connectivity index (χ1) is 13.3. The fraction of sp³-hybridized carbons (Fsp3) is 0.182. The molecule has 4 aromatic rings. The average molecular weight is 359 g/mol. The zero-order chi connectivity index (χ0) is 18.2. The maximum Gasteiger partial charge on any atom is 0.145 e. The number of ether oxygens (including phenoxy) is 1. The number of hydrogen-bond acceptors (Lipinski definition) is 4. The Bertz CT molecular complexity index is 1070. The van der Waals surface area contributed by atoms with Crippen molar-refractivity contribution in [2.45, 2.75) is 12.5 Å². The maximum absolute atomic E-state index is 6.21. The van der Waals surface area contributed by atoms with Gasteiger partial charge in [0.15, 0.2) is 0 Å². The Morgan fingerprint density at radius 1 is 1.15 bits per heavy atom. The van der Waals surface area contributed by atoms with E-state index in [1.807, 2.05) is 24.3 Å². The van der Waals surface area contributed by atoms with Gasteiger partial charge in [0.2, 0.25) is 0 Å². The number of hydrogen-bond donors (Lipinski definition) is 2. The highest BCUT2D eigenvalue weighted by Crippen LogP contribution is 2.39. The minimum Gasteiger partial charge on any atom is -0.481 e. The molecule has 1 aliphatic heterocycles. The van der Waals surface area contributed by atoms with E-state index in [0.717, 1.165) is 36.5 Å². The number of nitrogens with one attached hydrogen (secondary N) is 1. The van der Waals surface area contributed by atoms with Gasteiger partial charge in [-0.05, 0) is 36.2 Å². The van der Waals surface area contributed by atoms with E-state index in [4.69, 9.17) is 14.9 Å². The second kappa shape index (κ2) is 6.43. The van der Waals surface area contributed by atoms with Crippen molar-refractivity contribution in [1.29, 1.82) is 0 Å². The Labute approximate surface area is 157 Å². The topological polar surface area (TPSA) is 67.4 Å². The Balaban J connectivity index is 1.43. The molecular formula is C22H21N3O2. The lowest BCUT2D eigenvalue weighted by Crippen LogP contribution is -2.36. The molecule has 5 rings (SSSR count). The zero-order valence-corrected chi connectivity index (χ0v) is 14.9. The molecule has 1 atom stereocenters. The van der Waals surface area contributed by atoms with Crippen molar-refractivity contribution >= 4 is 22.3 Å². The van der Waals surface area contributed by atoms with E-state index in [-0.39, 0.29) is 6.10 Å². The van der Waals surface area contributed by atoms with Gasteiger partial charge >= 0.3 is 0 Å². The molecule has 0 spiro atoms. The standard InChI is InChI=1S/C22H21N3O2/c23-17-5-6-20-21(11-17)27-22(16-8-10-26-14-16)13-25(20)9-7-15-12-24-19-4-2-1-3-18(15)19/h1-6,8,10-12,14,22,24H,7,9,13,23H2. The van der Waals surface area contributed by atoms with Gasteiger partial charge in [-0.2, -0.15) is 0 Å². The van der Waals surface area contributed by atoms with Gasteiger partial charge in [-0.15, -0.1) is 0 Å². The molecule has 0 saturated heterocycles. The smallest absolute Gasteiger partial charge is 0.145 e. The molecule has 2 aromatic heterocycles. The summed E-state index contributed by atoms with van der Waals surface area (Å²) in [6.07, 6.45) is 6.43. The summed E-state index contributed by atoms with van der Waals surface area (Å²) < 4.78 is 11.5. The number of para-hydroxylation sites is 1. The van der Waals surface area contributed by atoms with Crippen LogP contribution < -0.4 is 15.4 Å². The van der Waals surface area contributed by atoms with Crippen molar-refractivity contribution in [2.24, 2.45) is 0 Å². The number of nitrogen functional groups attached to an aromatic ring is 1. The van der Waals surface area contributed by atoms with Crippen LogP contribution in [0.2, 0.25) is 0 Å². The lowest BCUT2D eigenvalue weighted by atomic mass is 10.1. The molecule has 136 valence electrons. The van der Waals surface area contributed by atoms with Gasteiger partial charge in [-0.3, -0.25) is 0 Å². The molecule has 5 nitrogen and oxygen atoms in total. The van der Waals surface area contributed by atoms with E-state index in [0.29, 0.717) is 5.69 Å². The first-order valence-electron chi connectivity index (χ1n) is 9.16. The first-order valence-corrected chi connectivity index (χ1v) is 9.16. The number of anilines is 2. The molecule has 0 saturated carbocycles. The van der Waals surface area contributed by atoms with Crippen molar-refractivity contribution in [2.75, 3.05) is 23.7 Å². The monoisotopic (exact) mass is 359 g/mol. The van der Waals surface area contributed by atoms with Gasteiger partial charge in [0.25, 0.3) is 0 Å². The Morgan fingerprint density at radius 3 is 2.96 bits per heavy atom. The number of benzene rings is 2. The molecule has 2 aromatic carbocycles.